The van der Waals surface area contributed by atoms with Gasteiger partial charge in [-0.25, -0.2) is 4.79 Å². The van der Waals surface area contributed by atoms with Crippen LogP contribution in [0, 0.1) is 0 Å². The molecule has 0 aliphatic carbocycles. The van der Waals surface area contributed by atoms with Crippen molar-refractivity contribution in [3.63, 3.8) is 0 Å². The Balaban J connectivity index is 2.81. The van der Waals surface area contributed by atoms with Crippen LogP contribution in [-0.2, 0) is 4.79 Å². The molecule has 15 heavy (non-hydrogen) atoms. The second-order valence-corrected chi connectivity index (χ2v) is 2.88. The van der Waals surface area contributed by atoms with E-state index in [-0.39, 0.29) is 0 Å². The number of ether oxygens (including phenoxy) is 1. The van der Waals surface area contributed by atoms with Crippen LogP contribution in [0.2, 0.25) is 0 Å². The van der Waals surface area contributed by atoms with Gasteiger partial charge in [-0.1, -0.05) is 23.7 Å². The number of rotatable bonds is 4. The Morgan fingerprint density at radius 3 is 2.80 bits per heavy atom. The second kappa shape index (κ2) is 5.21. The first-order chi connectivity index (χ1) is 7.15. The van der Waals surface area contributed by atoms with Gasteiger partial charge in [-0.05, 0) is 12.1 Å². The number of carboxylic acid groups (broad SMARTS) is 1. The van der Waals surface area contributed by atoms with Gasteiger partial charge >= 0.3 is 5.97 Å². The standard InChI is InChI=1S/C9H9ClN2O3/c1-15-7-5-3-2-4-6(7)11-12-8(10)9(13)14/h2-5,11H,1H3,(H,13,14)/b12-8+. The quantitative estimate of drug-likeness (QED) is 0.608. The van der Waals surface area contributed by atoms with E-state index in [1.807, 2.05) is 0 Å². The summed E-state index contributed by atoms with van der Waals surface area (Å²) >= 11 is 5.31. The van der Waals surface area contributed by atoms with Gasteiger partial charge in [-0.2, -0.15) is 5.10 Å². The lowest BCUT2D eigenvalue weighted by Crippen LogP contribution is -2.07. The van der Waals surface area contributed by atoms with Gasteiger partial charge in [0.2, 0.25) is 5.17 Å². The highest BCUT2D eigenvalue weighted by Gasteiger charge is 2.05. The molecule has 80 valence electrons. The van der Waals surface area contributed by atoms with E-state index in [1.54, 1.807) is 24.3 Å². The molecule has 1 aromatic rings. The number of carboxylic acids is 1. The van der Waals surface area contributed by atoms with Gasteiger partial charge in [0.15, 0.2) is 0 Å². The number of hydrogen-bond acceptors (Lipinski definition) is 4. The fourth-order valence-corrected chi connectivity index (χ4v) is 0.936. The van der Waals surface area contributed by atoms with Gasteiger partial charge in [-0.3, -0.25) is 5.43 Å². The first-order valence-electron chi connectivity index (χ1n) is 4.00. The highest BCUT2D eigenvalue weighted by molar-refractivity contribution is 6.81. The zero-order valence-electron chi connectivity index (χ0n) is 7.90. The van der Waals surface area contributed by atoms with Crippen LogP contribution in [-0.4, -0.2) is 23.4 Å². The molecular weight excluding hydrogens is 220 g/mol. The molecule has 6 heteroatoms. The summed E-state index contributed by atoms with van der Waals surface area (Å²) in [4.78, 5) is 10.3. The van der Waals surface area contributed by atoms with Crippen molar-refractivity contribution in [3.8, 4) is 5.75 Å². The summed E-state index contributed by atoms with van der Waals surface area (Å²) in [5.74, 6) is -0.741. The third-order valence-corrected chi connectivity index (χ3v) is 1.80. The lowest BCUT2D eigenvalue weighted by molar-refractivity contribution is -0.129. The fraction of sp³-hybridized carbons (Fsp3) is 0.111. The summed E-state index contributed by atoms with van der Waals surface area (Å²) in [5.41, 5.74) is 3.04. The van der Waals surface area contributed by atoms with E-state index in [9.17, 15) is 4.79 Å². The zero-order chi connectivity index (χ0) is 11.3. The topological polar surface area (TPSA) is 70.9 Å². The number of nitrogens with zero attached hydrogens (tertiary/aromatic N) is 1. The third-order valence-electron chi connectivity index (χ3n) is 1.56. The van der Waals surface area contributed by atoms with E-state index in [2.05, 4.69) is 10.5 Å². The number of carbonyl (C=O) groups is 1. The summed E-state index contributed by atoms with van der Waals surface area (Å²) < 4.78 is 5.02. The number of halogens is 1. The molecule has 0 unspecified atom stereocenters. The maximum Gasteiger partial charge on any atom is 0.368 e. The highest BCUT2D eigenvalue weighted by Crippen LogP contribution is 2.22. The predicted molar refractivity (Wildman–Crippen MR) is 57.5 cm³/mol. The van der Waals surface area contributed by atoms with Crippen molar-refractivity contribution in [1.29, 1.82) is 0 Å². The molecule has 2 N–H and O–H groups in total. The van der Waals surface area contributed by atoms with Crippen LogP contribution >= 0.6 is 11.6 Å². The van der Waals surface area contributed by atoms with Crippen LogP contribution in [0.1, 0.15) is 0 Å². The van der Waals surface area contributed by atoms with E-state index < -0.39 is 11.1 Å². The zero-order valence-corrected chi connectivity index (χ0v) is 8.65. The fourth-order valence-electron chi connectivity index (χ4n) is 0.894. The van der Waals surface area contributed by atoms with Crippen LogP contribution < -0.4 is 10.2 Å². The highest BCUT2D eigenvalue weighted by atomic mass is 35.5. The van der Waals surface area contributed by atoms with Crippen LogP contribution in [0.15, 0.2) is 29.4 Å². The van der Waals surface area contributed by atoms with Crippen LogP contribution in [0.5, 0.6) is 5.75 Å². The maximum atomic E-state index is 10.3. The molecule has 0 heterocycles. The number of aliphatic carboxylic acids is 1. The molecule has 0 saturated carbocycles. The van der Waals surface area contributed by atoms with Crippen molar-refractivity contribution < 1.29 is 14.6 Å². The van der Waals surface area contributed by atoms with Gasteiger partial charge in [0.05, 0.1) is 12.8 Å². The van der Waals surface area contributed by atoms with Crippen LogP contribution in [0.25, 0.3) is 0 Å². The van der Waals surface area contributed by atoms with Crippen molar-refractivity contribution >= 4 is 28.4 Å². The molecule has 0 saturated heterocycles. The van der Waals surface area contributed by atoms with Gasteiger partial charge in [0, 0.05) is 0 Å². The van der Waals surface area contributed by atoms with E-state index in [1.165, 1.54) is 7.11 Å². The lowest BCUT2D eigenvalue weighted by Gasteiger charge is -2.06. The molecule has 0 aliphatic heterocycles. The molecule has 0 fully saturated rings. The van der Waals surface area contributed by atoms with Gasteiger partial charge < -0.3 is 9.84 Å². The molecule has 1 aromatic carbocycles. The van der Waals surface area contributed by atoms with E-state index in [4.69, 9.17) is 21.4 Å². The van der Waals surface area contributed by atoms with Crippen molar-refractivity contribution in [3.05, 3.63) is 24.3 Å². The average Bonchev–Trinajstić information content (AvgIpc) is 2.26. The van der Waals surface area contributed by atoms with E-state index in [0.29, 0.717) is 11.4 Å². The summed E-state index contributed by atoms with van der Waals surface area (Å²) in [7, 11) is 1.50. The molecule has 0 amide bonds. The first kappa shape index (κ1) is 11.3. The number of methoxy groups -OCH3 is 1. The number of hydrogen-bond donors (Lipinski definition) is 2. The Hall–Kier alpha value is -1.75. The number of nitrogens with one attached hydrogen (secondary N) is 1. The van der Waals surface area contributed by atoms with Gasteiger partial charge in [-0.15, -0.1) is 0 Å². The van der Waals surface area contributed by atoms with Gasteiger partial charge in [0.1, 0.15) is 5.75 Å². The summed E-state index contributed by atoms with van der Waals surface area (Å²) in [6.45, 7) is 0. The average molecular weight is 229 g/mol. The molecule has 0 spiro atoms. The third kappa shape index (κ3) is 3.14. The van der Waals surface area contributed by atoms with E-state index >= 15 is 0 Å². The normalized spacial score (nSPS) is 10.9. The Kier molecular flexibility index (Phi) is 3.93. The minimum Gasteiger partial charge on any atom is -0.495 e. The summed E-state index contributed by atoms with van der Waals surface area (Å²) in [6, 6.07) is 6.95. The minimum absolute atomic E-state index is 0.541. The SMILES string of the molecule is COc1ccccc1N/N=C(/Cl)C(=O)O. The summed E-state index contributed by atoms with van der Waals surface area (Å²) in [6.07, 6.45) is 0. The predicted octanol–water partition coefficient (Wildman–Crippen LogP) is 1.74. The van der Waals surface area contributed by atoms with Crippen molar-refractivity contribution in [1.82, 2.24) is 0 Å². The monoisotopic (exact) mass is 228 g/mol. The van der Waals surface area contributed by atoms with Gasteiger partial charge in [0.25, 0.3) is 0 Å². The van der Waals surface area contributed by atoms with E-state index in [0.717, 1.165) is 0 Å². The van der Waals surface area contributed by atoms with Crippen molar-refractivity contribution in [2.75, 3.05) is 12.5 Å². The second-order valence-electron chi connectivity index (χ2n) is 2.52. The molecule has 1 rings (SSSR count). The molecule has 0 aliphatic rings. The Morgan fingerprint density at radius 2 is 2.20 bits per heavy atom. The molecule has 5 nitrogen and oxygen atoms in total. The number of anilines is 1. The lowest BCUT2D eigenvalue weighted by atomic mass is 10.3. The molecule has 0 bridgehead atoms. The smallest absolute Gasteiger partial charge is 0.368 e. The summed E-state index contributed by atoms with van der Waals surface area (Å²) in [5, 5.41) is 11.4. The largest absolute Gasteiger partial charge is 0.495 e. The molecular formula is C9H9ClN2O3. The van der Waals surface area contributed by atoms with Crippen LogP contribution in [0.4, 0.5) is 5.69 Å². The first-order valence-corrected chi connectivity index (χ1v) is 4.38. The van der Waals surface area contributed by atoms with Crippen molar-refractivity contribution in [2.24, 2.45) is 5.10 Å². The molecule has 0 radical (unpaired) electrons. The molecule has 0 atom stereocenters. The van der Waals surface area contributed by atoms with Crippen molar-refractivity contribution in [2.45, 2.75) is 0 Å². The Morgan fingerprint density at radius 1 is 1.53 bits per heavy atom. The minimum atomic E-state index is -1.29. The Bertz CT molecular complexity index is 393. The number of hydrazone groups is 1. The maximum absolute atomic E-state index is 10.3. The number of para-hydroxylation sites is 2. The Labute approximate surface area is 91.3 Å². The molecule has 0 aromatic heterocycles. The number of benzene rings is 1. The van der Waals surface area contributed by atoms with Crippen LogP contribution in [0.3, 0.4) is 0 Å².